The predicted molar refractivity (Wildman–Crippen MR) is 82.3 cm³/mol. The quantitative estimate of drug-likeness (QED) is 0.699. The van der Waals surface area contributed by atoms with Crippen molar-refractivity contribution in [1.82, 2.24) is 4.98 Å². The van der Waals surface area contributed by atoms with Crippen molar-refractivity contribution >= 4 is 27.3 Å². The first kappa shape index (κ1) is 13.3. The molecule has 0 aliphatic carbocycles. The number of hydrogen-bond acceptors (Lipinski definition) is 3. The van der Waals surface area contributed by atoms with Gasteiger partial charge in [-0.3, -0.25) is 0 Å². The second kappa shape index (κ2) is 5.34. The van der Waals surface area contributed by atoms with Crippen LogP contribution in [0.2, 0.25) is 0 Å². The van der Waals surface area contributed by atoms with Crippen molar-refractivity contribution in [3.63, 3.8) is 0 Å². The Morgan fingerprint density at radius 3 is 2.55 bits per heavy atom. The molecule has 1 heterocycles. The van der Waals surface area contributed by atoms with Gasteiger partial charge in [0.1, 0.15) is 16.6 Å². The average Bonchev–Trinajstić information content (AvgIpc) is 2.89. The molecule has 1 aromatic heterocycles. The molecule has 3 aromatic rings. The van der Waals surface area contributed by atoms with Crippen LogP contribution in [0, 0.1) is 5.82 Å². The highest BCUT2D eigenvalue weighted by Gasteiger charge is 2.10. The average molecular weight is 350 g/mol. The summed E-state index contributed by atoms with van der Waals surface area (Å²) >= 11 is 4.68. The molecule has 0 spiro atoms. The summed E-state index contributed by atoms with van der Waals surface area (Å²) in [5.74, 6) is -0.0913. The van der Waals surface area contributed by atoms with E-state index in [9.17, 15) is 9.50 Å². The van der Waals surface area contributed by atoms with E-state index < -0.39 is 0 Å². The van der Waals surface area contributed by atoms with Gasteiger partial charge in [0.25, 0.3) is 0 Å². The van der Waals surface area contributed by atoms with Crippen molar-refractivity contribution in [2.75, 3.05) is 0 Å². The monoisotopic (exact) mass is 349 g/mol. The highest BCUT2D eigenvalue weighted by atomic mass is 79.9. The van der Waals surface area contributed by atoms with Crippen molar-refractivity contribution in [1.29, 1.82) is 0 Å². The summed E-state index contributed by atoms with van der Waals surface area (Å²) in [5.41, 5.74) is 1.99. The van der Waals surface area contributed by atoms with Crippen molar-refractivity contribution < 1.29 is 9.50 Å². The van der Waals surface area contributed by atoms with E-state index in [0.29, 0.717) is 15.7 Å². The van der Waals surface area contributed by atoms with E-state index in [1.165, 1.54) is 17.4 Å². The number of aromatic hydroxyl groups is 1. The molecule has 0 saturated heterocycles. The van der Waals surface area contributed by atoms with E-state index in [2.05, 4.69) is 20.9 Å². The number of hydrogen-bond donors (Lipinski definition) is 1. The van der Waals surface area contributed by atoms with E-state index in [1.807, 2.05) is 5.38 Å². The fourth-order valence-corrected chi connectivity index (χ4v) is 2.99. The number of phenols is 1. The zero-order chi connectivity index (χ0) is 14.1. The fourth-order valence-electron chi connectivity index (χ4n) is 1.83. The van der Waals surface area contributed by atoms with Crippen LogP contribution < -0.4 is 0 Å². The van der Waals surface area contributed by atoms with Gasteiger partial charge in [0.15, 0.2) is 0 Å². The van der Waals surface area contributed by atoms with E-state index in [1.54, 1.807) is 36.4 Å². The van der Waals surface area contributed by atoms with E-state index in [4.69, 9.17) is 0 Å². The zero-order valence-electron chi connectivity index (χ0n) is 10.2. The Kier molecular flexibility index (Phi) is 3.54. The first-order chi connectivity index (χ1) is 9.63. The van der Waals surface area contributed by atoms with E-state index in [-0.39, 0.29) is 11.6 Å². The minimum absolute atomic E-state index is 0.212. The zero-order valence-corrected chi connectivity index (χ0v) is 12.6. The van der Waals surface area contributed by atoms with Crippen molar-refractivity contribution in [2.24, 2.45) is 0 Å². The minimum atomic E-state index is -0.304. The Morgan fingerprint density at radius 1 is 1.10 bits per heavy atom. The first-order valence-electron chi connectivity index (χ1n) is 5.84. The van der Waals surface area contributed by atoms with Crippen molar-refractivity contribution in [3.05, 3.63) is 58.1 Å². The lowest BCUT2D eigenvalue weighted by molar-refractivity contribution is 0.475. The number of rotatable bonds is 2. The number of nitrogens with zero attached hydrogens (tertiary/aromatic N) is 1. The smallest absolute Gasteiger partial charge is 0.133 e. The first-order valence-corrected chi connectivity index (χ1v) is 7.51. The van der Waals surface area contributed by atoms with Crippen molar-refractivity contribution in [3.8, 4) is 27.6 Å². The molecule has 100 valence electrons. The number of halogens is 2. The molecule has 20 heavy (non-hydrogen) atoms. The van der Waals surface area contributed by atoms with Crippen LogP contribution in [0.1, 0.15) is 0 Å². The molecule has 0 aliphatic heterocycles. The summed E-state index contributed by atoms with van der Waals surface area (Å²) in [6, 6.07) is 11.7. The lowest BCUT2D eigenvalue weighted by Gasteiger charge is -2.00. The van der Waals surface area contributed by atoms with Gasteiger partial charge in [0.2, 0.25) is 0 Å². The van der Waals surface area contributed by atoms with Gasteiger partial charge >= 0.3 is 0 Å². The van der Waals surface area contributed by atoms with Crippen LogP contribution >= 0.6 is 27.3 Å². The molecular weight excluding hydrogens is 341 g/mol. The summed E-state index contributed by atoms with van der Waals surface area (Å²) < 4.78 is 14.6. The third-order valence-electron chi connectivity index (χ3n) is 2.83. The number of benzene rings is 2. The molecule has 0 aliphatic rings. The van der Waals surface area contributed by atoms with Gasteiger partial charge in [-0.2, -0.15) is 0 Å². The van der Waals surface area contributed by atoms with Gasteiger partial charge in [-0.15, -0.1) is 11.3 Å². The summed E-state index contributed by atoms with van der Waals surface area (Å²) in [4.78, 5) is 4.45. The van der Waals surface area contributed by atoms with Crippen LogP contribution in [0.3, 0.4) is 0 Å². The topological polar surface area (TPSA) is 33.1 Å². The Hall–Kier alpha value is -1.72. The maximum atomic E-state index is 13.9. The molecule has 0 radical (unpaired) electrons. The van der Waals surface area contributed by atoms with E-state index >= 15 is 0 Å². The molecule has 2 nitrogen and oxygen atoms in total. The Labute approximate surface area is 127 Å². The molecular formula is C15H9BrFNOS. The van der Waals surface area contributed by atoms with Gasteiger partial charge in [0, 0.05) is 21.0 Å². The summed E-state index contributed by atoms with van der Waals surface area (Å²) in [5, 5.41) is 11.9. The van der Waals surface area contributed by atoms with Gasteiger partial charge in [-0.1, -0.05) is 15.9 Å². The summed E-state index contributed by atoms with van der Waals surface area (Å²) in [7, 11) is 0. The maximum absolute atomic E-state index is 13.9. The second-order valence-electron chi connectivity index (χ2n) is 4.21. The molecule has 0 amide bonds. The van der Waals surface area contributed by atoms with Crippen molar-refractivity contribution in [2.45, 2.75) is 0 Å². The van der Waals surface area contributed by atoms with Crippen LogP contribution in [0.5, 0.6) is 5.75 Å². The van der Waals surface area contributed by atoms with Gasteiger partial charge in [0.05, 0.1) is 5.69 Å². The van der Waals surface area contributed by atoms with Crippen LogP contribution in [-0.4, -0.2) is 10.1 Å². The van der Waals surface area contributed by atoms with Crippen LogP contribution in [0.25, 0.3) is 21.8 Å². The highest BCUT2D eigenvalue weighted by Crippen LogP contribution is 2.31. The summed E-state index contributed by atoms with van der Waals surface area (Å²) in [6.07, 6.45) is 0. The second-order valence-corrected chi connectivity index (χ2v) is 5.98. The molecule has 0 bridgehead atoms. The third kappa shape index (κ3) is 2.59. The van der Waals surface area contributed by atoms with Gasteiger partial charge < -0.3 is 5.11 Å². The van der Waals surface area contributed by atoms with Gasteiger partial charge in [-0.05, 0) is 42.5 Å². The van der Waals surface area contributed by atoms with Crippen LogP contribution in [-0.2, 0) is 0 Å². The lowest BCUT2D eigenvalue weighted by Crippen LogP contribution is -1.85. The highest BCUT2D eigenvalue weighted by molar-refractivity contribution is 9.10. The number of phenolic OH excluding ortho intramolecular Hbond substituents is 1. The predicted octanol–water partition coefficient (Wildman–Crippen LogP) is 5.08. The Balaban J connectivity index is 1.99. The SMILES string of the molecule is Oc1ccc(-c2nc(-c3ccc(Br)cc3F)cs2)cc1. The normalized spacial score (nSPS) is 10.7. The maximum Gasteiger partial charge on any atom is 0.133 e. The molecule has 2 aromatic carbocycles. The fraction of sp³-hybridized carbons (Fsp3) is 0. The lowest BCUT2D eigenvalue weighted by atomic mass is 10.1. The molecule has 0 atom stereocenters. The minimum Gasteiger partial charge on any atom is -0.508 e. The number of aromatic nitrogens is 1. The third-order valence-corrected chi connectivity index (χ3v) is 4.21. The molecule has 0 fully saturated rings. The molecule has 3 rings (SSSR count). The number of thiazole rings is 1. The van der Waals surface area contributed by atoms with Crippen LogP contribution in [0.15, 0.2) is 52.3 Å². The molecule has 1 N–H and O–H groups in total. The standard InChI is InChI=1S/C15H9BrFNOS/c16-10-3-6-12(13(17)7-10)14-8-20-15(18-14)9-1-4-11(19)5-2-9/h1-8,19H. The summed E-state index contributed by atoms with van der Waals surface area (Å²) in [6.45, 7) is 0. The van der Waals surface area contributed by atoms with Crippen LogP contribution in [0.4, 0.5) is 4.39 Å². The van der Waals surface area contributed by atoms with E-state index in [0.717, 1.165) is 10.6 Å². The Morgan fingerprint density at radius 2 is 1.85 bits per heavy atom. The van der Waals surface area contributed by atoms with Gasteiger partial charge in [-0.25, -0.2) is 9.37 Å². The molecule has 0 unspecified atom stereocenters. The molecule has 0 saturated carbocycles. The largest absolute Gasteiger partial charge is 0.508 e. The molecule has 5 heteroatoms. The Bertz CT molecular complexity index is 755.